The van der Waals surface area contributed by atoms with E-state index in [1.807, 2.05) is 29.2 Å². The number of fused-ring (bicyclic) bond motifs is 8. The van der Waals surface area contributed by atoms with Crippen LogP contribution in [0.4, 0.5) is 11.8 Å². The van der Waals surface area contributed by atoms with Crippen molar-refractivity contribution in [3.63, 3.8) is 0 Å². The Morgan fingerprint density at radius 1 is 0.933 bits per heavy atom. The van der Waals surface area contributed by atoms with Crippen LogP contribution in [0.15, 0.2) is 54.6 Å². The normalized spacial score (nSPS) is 18.5. The van der Waals surface area contributed by atoms with Gasteiger partial charge in [0.25, 0.3) is 11.8 Å². The van der Waals surface area contributed by atoms with E-state index in [9.17, 15) is 9.59 Å². The molecule has 2 atom stereocenters. The van der Waals surface area contributed by atoms with Gasteiger partial charge in [0.05, 0.1) is 32.9 Å². The number of piperidine rings is 1. The van der Waals surface area contributed by atoms with Crippen molar-refractivity contribution in [3.05, 3.63) is 65.7 Å². The number of rotatable bonds is 4. The second kappa shape index (κ2) is 12.6. The zero-order chi connectivity index (χ0) is 31.5. The first-order valence-electron chi connectivity index (χ1n) is 14.4. The molecule has 3 aromatic carbocycles. The first kappa shape index (κ1) is 29.6. The van der Waals surface area contributed by atoms with Gasteiger partial charge in [-0.15, -0.1) is 0 Å². The van der Waals surface area contributed by atoms with Gasteiger partial charge in [0.1, 0.15) is 17.7 Å². The molecule has 0 aliphatic carbocycles. The molecule has 0 saturated carbocycles. The third-order valence-corrected chi connectivity index (χ3v) is 7.85. The van der Waals surface area contributed by atoms with E-state index >= 15 is 0 Å². The van der Waals surface area contributed by atoms with Crippen LogP contribution in [0, 0.1) is 0 Å². The number of ether oxygens (including phenoxy) is 5. The first-order valence-corrected chi connectivity index (χ1v) is 14.4. The molecule has 0 radical (unpaired) electrons. The first-order chi connectivity index (χ1) is 21.8. The van der Waals surface area contributed by atoms with Gasteiger partial charge in [0.15, 0.2) is 29.6 Å². The summed E-state index contributed by atoms with van der Waals surface area (Å²) >= 11 is 0. The predicted molar refractivity (Wildman–Crippen MR) is 166 cm³/mol. The molecule has 4 aromatic rings. The number of carbonyl (C=O) groups is 2. The van der Waals surface area contributed by atoms with Gasteiger partial charge >= 0.3 is 0 Å². The summed E-state index contributed by atoms with van der Waals surface area (Å²) in [4.78, 5) is 37.4. The number of hydrogen-bond donors (Lipinski definition) is 3. The molecule has 3 aliphatic heterocycles. The number of aromatic nitrogens is 2. The van der Waals surface area contributed by atoms with Crippen LogP contribution < -0.4 is 45.0 Å². The molecule has 1 saturated heterocycles. The molecule has 3 aliphatic rings. The Morgan fingerprint density at radius 2 is 1.69 bits per heavy atom. The molecule has 0 spiro atoms. The van der Waals surface area contributed by atoms with Gasteiger partial charge in [0, 0.05) is 43.1 Å². The van der Waals surface area contributed by atoms with Crippen LogP contribution in [-0.4, -0.2) is 75.0 Å². The van der Waals surface area contributed by atoms with E-state index in [4.69, 9.17) is 34.4 Å². The van der Waals surface area contributed by atoms with Crippen LogP contribution in [0.2, 0.25) is 0 Å². The number of amides is 2. The van der Waals surface area contributed by atoms with Gasteiger partial charge in [-0.05, 0) is 42.0 Å². The summed E-state index contributed by atoms with van der Waals surface area (Å²) in [5.41, 5.74) is 8.22. The second-order valence-corrected chi connectivity index (χ2v) is 10.7. The van der Waals surface area contributed by atoms with Crippen molar-refractivity contribution in [3.8, 4) is 28.7 Å². The molecular weight excluding hydrogens is 580 g/mol. The Kier molecular flexibility index (Phi) is 8.32. The average molecular weight is 615 g/mol. The molecule has 4 N–H and O–H groups in total. The van der Waals surface area contributed by atoms with Crippen molar-refractivity contribution < 1.29 is 33.3 Å². The lowest BCUT2D eigenvalue weighted by molar-refractivity contribution is -0.123. The Balaban J connectivity index is 1.33. The number of hydrogen-bond acceptors (Lipinski definition) is 11. The minimum absolute atomic E-state index is 0.240. The van der Waals surface area contributed by atoms with E-state index in [0.717, 1.165) is 5.56 Å². The van der Waals surface area contributed by atoms with E-state index in [1.54, 1.807) is 44.6 Å². The van der Waals surface area contributed by atoms with Gasteiger partial charge in [0.2, 0.25) is 5.95 Å². The number of nitrogen functional groups attached to an aromatic ring is 1. The highest BCUT2D eigenvalue weighted by Crippen LogP contribution is 2.35. The molecule has 7 rings (SSSR count). The Bertz CT molecular complexity index is 1730. The smallest absolute Gasteiger partial charge is 0.258 e. The summed E-state index contributed by atoms with van der Waals surface area (Å²) < 4.78 is 28.4. The number of anilines is 2. The van der Waals surface area contributed by atoms with Crippen molar-refractivity contribution in [1.29, 1.82) is 0 Å². The number of nitrogens with two attached hydrogens (primary N) is 1. The van der Waals surface area contributed by atoms with Crippen molar-refractivity contribution >= 4 is 34.5 Å². The van der Waals surface area contributed by atoms with E-state index in [2.05, 4.69) is 15.6 Å². The molecule has 4 heterocycles. The highest BCUT2D eigenvalue weighted by molar-refractivity contribution is 5.95. The average Bonchev–Trinajstić information content (AvgIpc) is 3.06. The van der Waals surface area contributed by atoms with Gasteiger partial charge in [-0.3, -0.25) is 9.59 Å². The highest BCUT2D eigenvalue weighted by Gasteiger charge is 2.34. The maximum absolute atomic E-state index is 13.6. The standard InChI is InChI=1S/C32H34N6O7/c1-41-25-9-6-19-12-28(25)44-17-29(39)34-15-18-4-7-20(8-5-18)45-24-10-11-38(16-23(24)35-31(19)40)32-36-22-14-27(43-3)26(42-2)13-21(22)30(33)37-32/h4-9,12-14,23-24H,10-11,15-17H2,1-3H3,(H,34,39)(H,35,40)(H2,33,36,37)/t23-,24+/m0/s1. The van der Waals surface area contributed by atoms with E-state index in [0.29, 0.717) is 77.3 Å². The quantitative estimate of drug-likeness (QED) is 0.310. The van der Waals surface area contributed by atoms with Crippen molar-refractivity contribution in [2.45, 2.75) is 25.1 Å². The van der Waals surface area contributed by atoms with Crippen molar-refractivity contribution in [1.82, 2.24) is 20.6 Å². The molecule has 45 heavy (non-hydrogen) atoms. The molecule has 13 heteroatoms. The van der Waals surface area contributed by atoms with Crippen LogP contribution in [0.5, 0.6) is 28.7 Å². The summed E-state index contributed by atoms with van der Waals surface area (Å²) in [5, 5.41) is 6.62. The van der Waals surface area contributed by atoms with Crippen molar-refractivity contribution in [2.24, 2.45) is 0 Å². The number of nitrogens with one attached hydrogen (secondary N) is 2. The second-order valence-electron chi connectivity index (χ2n) is 10.7. The lowest BCUT2D eigenvalue weighted by Gasteiger charge is -2.39. The summed E-state index contributed by atoms with van der Waals surface area (Å²) in [7, 11) is 4.61. The van der Waals surface area contributed by atoms with E-state index < -0.39 is 6.04 Å². The molecule has 4 bridgehead atoms. The zero-order valence-corrected chi connectivity index (χ0v) is 25.2. The van der Waals surface area contributed by atoms with E-state index in [-0.39, 0.29) is 30.3 Å². The maximum atomic E-state index is 13.6. The molecule has 1 fully saturated rings. The third kappa shape index (κ3) is 6.28. The minimum Gasteiger partial charge on any atom is -0.493 e. The van der Waals surface area contributed by atoms with Crippen molar-refractivity contribution in [2.75, 3.05) is 51.7 Å². The molecule has 2 amide bonds. The third-order valence-electron chi connectivity index (χ3n) is 7.85. The summed E-state index contributed by atoms with van der Waals surface area (Å²) in [6, 6.07) is 15.4. The largest absolute Gasteiger partial charge is 0.493 e. The van der Waals surface area contributed by atoms with Crippen LogP contribution in [-0.2, 0) is 11.3 Å². The number of nitrogens with zero attached hydrogens (tertiary/aromatic N) is 3. The van der Waals surface area contributed by atoms with Gasteiger partial charge < -0.3 is 45.0 Å². The topological polar surface area (TPSA) is 159 Å². The SMILES string of the molecule is COc1cc2nc(N3CC[C@H]4Oc5ccc(cc5)CNC(=O)COc5cc(ccc5OC)C(=O)N[C@H]4C3)nc(N)c2cc1OC. The fourth-order valence-corrected chi connectivity index (χ4v) is 5.44. The Labute approximate surface area is 259 Å². The summed E-state index contributed by atoms with van der Waals surface area (Å²) in [5.74, 6) is 2.44. The fourth-order valence-electron chi connectivity index (χ4n) is 5.44. The van der Waals surface area contributed by atoms with Crippen LogP contribution in [0.1, 0.15) is 22.3 Å². The number of methoxy groups -OCH3 is 3. The molecule has 0 unspecified atom stereocenters. The lowest BCUT2D eigenvalue weighted by Crippen LogP contribution is -2.57. The maximum Gasteiger partial charge on any atom is 0.258 e. The number of carbonyl (C=O) groups excluding carboxylic acids is 2. The Hall–Kier alpha value is -5.46. The van der Waals surface area contributed by atoms with Gasteiger partial charge in [-0.2, -0.15) is 4.98 Å². The van der Waals surface area contributed by atoms with Crippen LogP contribution >= 0.6 is 0 Å². The molecule has 234 valence electrons. The zero-order valence-electron chi connectivity index (χ0n) is 25.2. The lowest BCUT2D eigenvalue weighted by atomic mass is 10.0. The van der Waals surface area contributed by atoms with E-state index in [1.165, 1.54) is 7.11 Å². The fraction of sp³-hybridized carbons (Fsp3) is 0.312. The summed E-state index contributed by atoms with van der Waals surface area (Å²) in [6.07, 6.45) is 0.204. The number of benzene rings is 3. The van der Waals surface area contributed by atoms with Crippen LogP contribution in [0.3, 0.4) is 0 Å². The molecule has 13 nitrogen and oxygen atoms in total. The molecule has 1 aromatic heterocycles. The summed E-state index contributed by atoms with van der Waals surface area (Å²) in [6.45, 7) is 0.995. The van der Waals surface area contributed by atoms with Gasteiger partial charge in [-0.25, -0.2) is 4.98 Å². The molecular formula is C32H34N6O7. The highest BCUT2D eigenvalue weighted by atomic mass is 16.5. The monoisotopic (exact) mass is 614 g/mol. The minimum atomic E-state index is -0.456. The predicted octanol–water partition coefficient (Wildman–Crippen LogP) is 2.70. The van der Waals surface area contributed by atoms with Crippen LogP contribution in [0.25, 0.3) is 10.9 Å². The van der Waals surface area contributed by atoms with Gasteiger partial charge in [-0.1, -0.05) is 12.1 Å². The Morgan fingerprint density at radius 3 is 2.44 bits per heavy atom.